The van der Waals surface area contributed by atoms with Gasteiger partial charge in [-0.1, -0.05) is 34.1 Å². The van der Waals surface area contributed by atoms with Gasteiger partial charge in [-0.25, -0.2) is 4.98 Å². The van der Waals surface area contributed by atoms with Crippen LogP contribution in [0.3, 0.4) is 0 Å². The minimum Gasteiger partial charge on any atom is -0.405 e. The summed E-state index contributed by atoms with van der Waals surface area (Å²) in [6.45, 7) is 3.02. The number of carbonyl (C=O) groups excluding carboxylic acids is 1. The lowest BCUT2D eigenvalue weighted by atomic mass is 10.1. The molecule has 0 bridgehead atoms. The van der Waals surface area contributed by atoms with Gasteiger partial charge in [-0.05, 0) is 44.2 Å². The number of aryl methyl sites for hydroxylation is 1. The fourth-order valence-electron chi connectivity index (χ4n) is 3.76. The summed E-state index contributed by atoms with van der Waals surface area (Å²) in [5.41, 5.74) is -0.407. The molecule has 0 spiro atoms. The predicted octanol–water partition coefficient (Wildman–Crippen LogP) is 7.03. The zero-order valence-corrected chi connectivity index (χ0v) is 20.7. The number of nitrogens with one attached hydrogen (secondary N) is 1. The molecule has 194 valence electrons. The molecule has 2 heterocycles. The van der Waals surface area contributed by atoms with E-state index >= 15 is 0 Å². The molecule has 4 rings (SSSR count). The van der Waals surface area contributed by atoms with Crippen LogP contribution in [0.5, 0.6) is 5.75 Å². The third-order valence-electron chi connectivity index (χ3n) is 5.44. The van der Waals surface area contributed by atoms with E-state index < -0.39 is 29.9 Å². The molecule has 1 N–H and O–H groups in total. The number of rotatable bonds is 5. The highest BCUT2D eigenvalue weighted by Crippen LogP contribution is 2.33. The molecule has 6 nitrogen and oxygen atoms in total. The molecule has 37 heavy (non-hydrogen) atoms. The predicted molar refractivity (Wildman–Crippen MR) is 126 cm³/mol. The van der Waals surface area contributed by atoms with Crippen molar-refractivity contribution in [3.63, 3.8) is 0 Å². The van der Waals surface area contributed by atoms with Crippen LogP contribution in [0.4, 0.5) is 32.0 Å². The molecule has 0 saturated carbocycles. The van der Waals surface area contributed by atoms with E-state index in [1.807, 2.05) is 0 Å². The van der Waals surface area contributed by atoms with Gasteiger partial charge in [-0.2, -0.15) is 18.3 Å². The third kappa shape index (κ3) is 5.87. The molecule has 2 aromatic heterocycles. The van der Waals surface area contributed by atoms with Gasteiger partial charge in [-0.15, -0.1) is 13.2 Å². The Morgan fingerprint density at radius 1 is 1.05 bits per heavy atom. The summed E-state index contributed by atoms with van der Waals surface area (Å²) < 4.78 is 84.7. The second-order valence-corrected chi connectivity index (χ2v) is 8.94. The Morgan fingerprint density at radius 2 is 1.76 bits per heavy atom. The molecule has 0 radical (unpaired) electrons. The summed E-state index contributed by atoms with van der Waals surface area (Å²) in [5, 5.41) is 7.08. The van der Waals surface area contributed by atoms with Crippen LogP contribution in [0.15, 0.2) is 53.0 Å². The van der Waals surface area contributed by atoms with Crippen molar-refractivity contribution >= 4 is 38.4 Å². The highest BCUT2D eigenvalue weighted by Gasteiger charge is 2.34. The number of hydrogen-bond donors (Lipinski definition) is 1. The summed E-state index contributed by atoms with van der Waals surface area (Å²) in [4.78, 5) is 16.8. The van der Waals surface area contributed by atoms with Crippen LogP contribution in [-0.4, -0.2) is 27.0 Å². The van der Waals surface area contributed by atoms with Gasteiger partial charge >= 0.3 is 12.5 Å². The van der Waals surface area contributed by atoms with Crippen LogP contribution in [-0.2, 0) is 12.7 Å². The molecule has 0 saturated heterocycles. The number of nitrogens with zero attached hydrogens (tertiary/aromatic N) is 3. The smallest absolute Gasteiger partial charge is 0.405 e. The van der Waals surface area contributed by atoms with Crippen molar-refractivity contribution in [3.05, 3.63) is 81.2 Å². The quantitative estimate of drug-likeness (QED) is 0.255. The van der Waals surface area contributed by atoms with Crippen molar-refractivity contribution < 1.29 is 35.9 Å². The standard InChI is InChI=1S/C24H17BrF6N4O2/c1-12-21(13(2)35(34-12)11-14-5-3-4-6-19(14)37-24(29,30)31)33-22(36)17-10-20(23(26,27)28)32-18-8-7-15(25)9-16(17)18/h3-10H,11H2,1-2H3,(H,33,36). The monoisotopic (exact) mass is 586 g/mol. The summed E-state index contributed by atoms with van der Waals surface area (Å²) in [5.74, 6) is -1.23. The Morgan fingerprint density at radius 3 is 2.43 bits per heavy atom. The van der Waals surface area contributed by atoms with E-state index in [1.54, 1.807) is 13.8 Å². The lowest BCUT2D eigenvalue weighted by molar-refractivity contribution is -0.274. The number of carbonyl (C=O) groups is 1. The van der Waals surface area contributed by atoms with Crippen molar-refractivity contribution in [1.29, 1.82) is 0 Å². The number of anilines is 1. The maximum Gasteiger partial charge on any atom is 0.573 e. The Labute approximate surface area is 214 Å². The molecule has 2 aromatic carbocycles. The number of benzene rings is 2. The first kappa shape index (κ1) is 26.5. The van der Waals surface area contributed by atoms with Gasteiger partial charge in [0.1, 0.15) is 11.4 Å². The third-order valence-corrected chi connectivity index (χ3v) is 5.94. The van der Waals surface area contributed by atoms with Crippen molar-refractivity contribution in [2.24, 2.45) is 0 Å². The molecule has 1 amide bonds. The Balaban J connectivity index is 1.69. The van der Waals surface area contributed by atoms with Crippen LogP contribution in [0.2, 0.25) is 0 Å². The average Bonchev–Trinajstić information content (AvgIpc) is 3.05. The van der Waals surface area contributed by atoms with E-state index in [0.29, 0.717) is 21.9 Å². The van der Waals surface area contributed by atoms with Crippen molar-refractivity contribution in [3.8, 4) is 5.75 Å². The van der Waals surface area contributed by atoms with E-state index in [-0.39, 0.29) is 34.3 Å². The fraction of sp³-hybridized carbons (Fsp3) is 0.208. The molecule has 0 aliphatic carbocycles. The van der Waals surface area contributed by atoms with Gasteiger partial charge < -0.3 is 10.1 Å². The maximum absolute atomic E-state index is 13.4. The van der Waals surface area contributed by atoms with E-state index in [1.165, 1.54) is 47.1 Å². The van der Waals surface area contributed by atoms with Gasteiger partial charge in [0.2, 0.25) is 0 Å². The zero-order chi connectivity index (χ0) is 27.1. The first-order valence-corrected chi connectivity index (χ1v) is 11.4. The summed E-state index contributed by atoms with van der Waals surface area (Å²) in [6.07, 6.45) is -9.67. The molecule has 0 unspecified atom stereocenters. The molecule has 0 aliphatic rings. The van der Waals surface area contributed by atoms with E-state index in [4.69, 9.17) is 0 Å². The zero-order valence-electron chi connectivity index (χ0n) is 19.1. The Bertz CT molecular complexity index is 1500. The summed E-state index contributed by atoms with van der Waals surface area (Å²) in [6, 6.07) is 10.6. The van der Waals surface area contributed by atoms with Crippen molar-refractivity contribution in [1.82, 2.24) is 14.8 Å². The first-order valence-electron chi connectivity index (χ1n) is 10.6. The SMILES string of the molecule is Cc1nn(Cc2ccccc2OC(F)(F)F)c(C)c1NC(=O)c1cc(C(F)(F)F)nc2ccc(Br)cc12. The van der Waals surface area contributed by atoms with E-state index in [9.17, 15) is 31.1 Å². The molecule has 13 heteroatoms. The van der Waals surface area contributed by atoms with Gasteiger partial charge in [0.25, 0.3) is 5.91 Å². The molecular weight excluding hydrogens is 570 g/mol. The van der Waals surface area contributed by atoms with E-state index in [0.717, 1.165) is 0 Å². The topological polar surface area (TPSA) is 69.0 Å². The normalized spacial score (nSPS) is 12.1. The number of alkyl halides is 6. The number of halogens is 7. The van der Waals surface area contributed by atoms with Crippen molar-refractivity contribution in [2.45, 2.75) is 32.9 Å². The fourth-order valence-corrected chi connectivity index (χ4v) is 4.12. The van der Waals surface area contributed by atoms with Gasteiger partial charge in [0.05, 0.1) is 34.7 Å². The first-order chi connectivity index (χ1) is 17.2. The highest BCUT2D eigenvalue weighted by molar-refractivity contribution is 9.10. The lowest BCUT2D eigenvalue weighted by Gasteiger charge is -2.14. The van der Waals surface area contributed by atoms with Crippen LogP contribution in [0.25, 0.3) is 10.9 Å². The van der Waals surface area contributed by atoms with Crippen LogP contribution < -0.4 is 10.1 Å². The number of hydrogen-bond acceptors (Lipinski definition) is 4. The Kier molecular flexibility index (Phi) is 6.93. The number of pyridine rings is 1. The number of aromatic nitrogens is 3. The minimum absolute atomic E-state index is 0.0198. The molecular formula is C24H17BrF6N4O2. The van der Waals surface area contributed by atoms with Crippen LogP contribution in [0, 0.1) is 13.8 Å². The molecule has 0 aliphatic heterocycles. The molecule has 0 fully saturated rings. The number of fused-ring (bicyclic) bond motifs is 1. The average molecular weight is 587 g/mol. The highest BCUT2D eigenvalue weighted by atomic mass is 79.9. The second kappa shape index (κ2) is 9.69. The molecule has 4 aromatic rings. The largest absolute Gasteiger partial charge is 0.573 e. The molecule has 0 atom stereocenters. The van der Waals surface area contributed by atoms with E-state index in [2.05, 4.69) is 36.1 Å². The van der Waals surface area contributed by atoms with Gasteiger partial charge in [0, 0.05) is 15.4 Å². The number of amides is 1. The number of para-hydroxylation sites is 1. The van der Waals surface area contributed by atoms with Crippen molar-refractivity contribution in [2.75, 3.05) is 5.32 Å². The summed E-state index contributed by atoms with van der Waals surface area (Å²) in [7, 11) is 0. The lowest BCUT2D eigenvalue weighted by Crippen LogP contribution is -2.19. The Hall–Kier alpha value is -3.61. The van der Waals surface area contributed by atoms with Gasteiger partial charge in [0.15, 0.2) is 0 Å². The van der Waals surface area contributed by atoms with Crippen LogP contribution >= 0.6 is 15.9 Å². The summed E-state index contributed by atoms with van der Waals surface area (Å²) >= 11 is 3.25. The van der Waals surface area contributed by atoms with Crippen LogP contribution in [0.1, 0.15) is 33.0 Å². The second-order valence-electron chi connectivity index (χ2n) is 8.03. The van der Waals surface area contributed by atoms with Gasteiger partial charge in [-0.3, -0.25) is 9.48 Å². The number of ether oxygens (including phenoxy) is 1. The minimum atomic E-state index is -4.89. The maximum atomic E-state index is 13.4.